The lowest BCUT2D eigenvalue weighted by Gasteiger charge is -2.51. The van der Waals surface area contributed by atoms with E-state index in [9.17, 15) is 9.59 Å². The molecule has 0 aliphatic heterocycles. The molecule has 2 aliphatic rings. The van der Waals surface area contributed by atoms with Crippen molar-refractivity contribution in [2.45, 2.75) is 63.3 Å². The quantitative estimate of drug-likeness (QED) is 0.310. The van der Waals surface area contributed by atoms with Crippen LogP contribution in [0.15, 0.2) is 59.4 Å². The van der Waals surface area contributed by atoms with Gasteiger partial charge in [-0.3, -0.25) is 20.4 Å². The van der Waals surface area contributed by atoms with Crippen molar-refractivity contribution in [2.75, 3.05) is 12.5 Å². The van der Waals surface area contributed by atoms with Crippen molar-refractivity contribution >= 4 is 34.1 Å². The highest BCUT2D eigenvalue weighted by Gasteiger charge is 2.49. The van der Waals surface area contributed by atoms with Crippen LogP contribution in [0.1, 0.15) is 57.4 Å². The first-order valence-electron chi connectivity index (χ1n) is 12.8. The van der Waals surface area contributed by atoms with Crippen molar-refractivity contribution in [2.24, 2.45) is 11.3 Å². The smallest absolute Gasteiger partial charge is 0.251 e. The van der Waals surface area contributed by atoms with Gasteiger partial charge in [0.15, 0.2) is 0 Å². The number of benzene rings is 2. The summed E-state index contributed by atoms with van der Waals surface area (Å²) in [6.07, 6.45) is 6.70. The van der Waals surface area contributed by atoms with Gasteiger partial charge in [-0.2, -0.15) is 0 Å². The Hall–Kier alpha value is -2.99. The van der Waals surface area contributed by atoms with Gasteiger partial charge >= 0.3 is 0 Å². The molecule has 6 nitrogen and oxygen atoms in total. The van der Waals surface area contributed by atoms with Crippen LogP contribution < -0.4 is 21.1 Å². The largest absolute Gasteiger partial charge is 0.497 e. The molecule has 2 N–H and O–H groups in total. The fraction of sp³-hybridized carbons (Fsp3) is 0.448. The summed E-state index contributed by atoms with van der Waals surface area (Å²) < 4.78 is 6.98. The number of ether oxygens (including phenoxy) is 1. The van der Waals surface area contributed by atoms with Crippen molar-refractivity contribution < 1.29 is 9.53 Å². The number of hydrazine groups is 1. The standard InChI is InChI=1S/C29H34ClN3O3/c1-20-15-28(13-4-14-29(30,16-20)19-28)17-26(34)32-31-24-5-3-6-25-23(24)11-12-27(35)33(25)18-21-7-9-22(36-2)10-8-21/h3,5-12,20,31H,4,13-19H2,1-2H3,(H,32,34). The molecule has 3 aromatic rings. The number of carbonyl (C=O) groups excluding carboxylic acids is 1. The maximum atomic E-state index is 13.1. The average Bonchev–Trinajstić information content (AvgIpc) is 2.83. The number of carbonyl (C=O) groups is 1. The lowest BCUT2D eigenvalue weighted by molar-refractivity contribution is -0.124. The number of pyridine rings is 1. The van der Waals surface area contributed by atoms with Crippen LogP contribution in [0.3, 0.4) is 0 Å². The van der Waals surface area contributed by atoms with Gasteiger partial charge in [-0.1, -0.05) is 31.5 Å². The van der Waals surface area contributed by atoms with E-state index in [1.165, 1.54) is 0 Å². The number of fused-ring (bicyclic) bond motifs is 3. The predicted molar refractivity (Wildman–Crippen MR) is 145 cm³/mol. The number of hydrogen-bond donors (Lipinski definition) is 2. The number of hydrogen-bond acceptors (Lipinski definition) is 4. The number of alkyl halides is 1. The Bertz CT molecular complexity index is 1320. The zero-order chi connectivity index (χ0) is 25.3. The minimum absolute atomic E-state index is 0.0129. The Morgan fingerprint density at radius 1 is 1.11 bits per heavy atom. The Morgan fingerprint density at radius 2 is 1.92 bits per heavy atom. The van der Waals surface area contributed by atoms with Crippen LogP contribution in [-0.2, 0) is 11.3 Å². The van der Waals surface area contributed by atoms with E-state index < -0.39 is 0 Å². The zero-order valence-electron chi connectivity index (χ0n) is 21.0. The fourth-order valence-electron chi connectivity index (χ4n) is 6.67. The van der Waals surface area contributed by atoms with Gasteiger partial charge in [-0.05, 0) is 79.3 Å². The second-order valence-electron chi connectivity index (χ2n) is 10.9. The third-order valence-electron chi connectivity index (χ3n) is 7.92. The summed E-state index contributed by atoms with van der Waals surface area (Å²) in [7, 11) is 1.63. The molecular weight excluding hydrogens is 474 g/mol. The van der Waals surface area contributed by atoms with Gasteiger partial charge in [-0.15, -0.1) is 11.6 Å². The molecule has 0 spiro atoms. The number of rotatable bonds is 7. The molecule has 190 valence electrons. The lowest BCUT2D eigenvalue weighted by Crippen LogP contribution is -2.47. The zero-order valence-corrected chi connectivity index (χ0v) is 21.7. The van der Waals surface area contributed by atoms with Crippen LogP contribution in [0, 0.1) is 11.3 Å². The number of amides is 1. The molecule has 0 saturated heterocycles. The van der Waals surface area contributed by atoms with Gasteiger partial charge < -0.3 is 9.30 Å². The molecule has 5 rings (SSSR count). The Morgan fingerprint density at radius 3 is 2.69 bits per heavy atom. The predicted octanol–water partition coefficient (Wildman–Crippen LogP) is 5.86. The molecule has 2 saturated carbocycles. The van der Waals surface area contributed by atoms with Gasteiger partial charge in [0.25, 0.3) is 5.56 Å². The van der Waals surface area contributed by atoms with E-state index in [1.54, 1.807) is 23.8 Å². The molecule has 1 amide bonds. The van der Waals surface area contributed by atoms with Crippen LogP contribution in [0.4, 0.5) is 5.69 Å². The van der Waals surface area contributed by atoms with Crippen molar-refractivity contribution in [1.29, 1.82) is 0 Å². The molecule has 2 fully saturated rings. The first kappa shape index (κ1) is 24.7. The Balaban J connectivity index is 1.32. The highest BCUT2D eigenvalue weighted by molar-refractivity contribution is 6.24. The molecule has 2 bridgehead atoms. The average molecular weight is 508 g/mol. The van der Waals surface area contributed by atoms with Crippen LogP contribution >= 0.6 is 11.6 Å². The lowest BCUT2D eigenvalue weighted by atomic mass is 9.57. The number of nitrogens with zero attached hydrogens (tertiary/aromatic N) is 1. The van der Waals surface area contributed by atoms with Crippen LogP contribution in [0.5, 0.6) is 5.75 Å². The normalized spacial score (nSPS) is 25.4. The fourth-order valence-corrected chi connectivity index (χ4v) is 7.35. The van der Waals surface area contributed by atoms with Crippen molar-refractivity contribution in [3.63, 3.8) is 0 Å². The van der Waals surface area contributed by atoms with E-state index in [0.29, 0.717) is 18.9 Å². The summed E-state index contributed by atoms with van der Waals surface area (Å²) in [5, 5.41) is 0.868. The van der Waals surface area contributed by atoms with Gasteiger partial charge in [0.2, 0.25) is 5.91 Å². The summed E-state index contributed by atoms with van der Waals surface area (Å²) >= 11 is 6.93. The summed E-state index contributed by atoms with van der Waals surface area (Å²) in [5.41, 5.74) is 8.53. The van der Waals surface area contributed by atoms with Gasteiger partial charge in [0, 0.05) is 22.7 Å². The van der Waals surface area contributed by atoms with E-state index in [-0.39, 0.29) is 21.8 Å². The molecule has 36 heavy (non-hydrogen) atoms. The number of nitrogens with one attached hydrogen (secondary N) is 2. The van der Waals surface area contributed by atoms with Gasteiger partial charge in [0.05, 0.1) is 24.9 Å². The van der Waals surface area contributed by atoms with Gasteiger partial charge in [-0.25, -0.2) is 0 Å². The summed E-state index contributed by atoms with van der Waals surface area (Å²) in [5.74, 6) is 1.30. The highest BCUT2D eigenvalue weighted by atomic mass is 35.5. The summed E-state index contributed by atoms with van der Waals surface area (Å²) in [4.78, 5) is 25.7. The van der Waals surface area contributed by atoms with Crippen LogP contribution in [0.2, 0.25) is 0 Å². The first-order valence-corrected chi connectivity index (χ1v) is 13.2. The third-order valence-corrected chi connectivity index (χ3v) is 8.40. The van der Waals surface area contributed by atoms with Crippen LogP contribution in [0.25, 0.3) is 10.9 Å². The SMILES string of the molecule is COc1ccc(Cn2c(=O)ccc3c(NNC(=O)CC45CCCC(Cl)(CC(C)C4)C5)cccc32)cc1. The minimum atomic E-state index is -0.146. The van der Waals surface area contributed by atoms with E-state index in [1.807, 2.05) is 42.5 Å². The minimum Gasteiger partial charge on any atom is -0.497 e. The first-order chi connectivity index (χ1) is 17.3. The molecule has 0 radical (unpaired) electrons. The number of methoxy groups -OCH3 is 1. The Labute approximate surface area is 217 Å². The summed E-state index contributed by atoms with van der Waals surface area (Å²) in [6, 6.07) is 16.8. The molecule has 2 aliphatic carbocycles. The second-order valence-corrected chi connectivity index (χ2v) is 11.7. The molecule has 1 heterocycles. The van der Waals surface area contributed by atoms with Gasteiger partial charge in [0.1, 0.15) is 5.75 Å². The third kappa shape index (κ3) is 5.10. The molecule has 3 atom stereocenters. The van der Waals surface area contributed by atoms with Crippen molar-refractivity contribution in [1.82, 2.24) is 9.99 Å². The number of anilines is 1. The molecule has 1 aromatic heterocycles. The van der Waals surface area contributed by atoms with Crippen molar-refractivity contribution in [3.05, 3.63) is 70.5 Å². The molecular formula is C29H34ClN3O3. The number of halogens is 1. The molecule has 7 heteroatoms. The van der Waals surface area contributed by atoms with E-state index in [0.717, 1.165) is 66.4 Å². The van der Waals surface area contributed by atoms with Crippen LogP contribution in [-0.4, -0.2) is 22.5 Å². The number of aromatic nitrogens is 1. The van der Waals surface area contributed by atoms with Crippen molar-refractivity contribution in [3.8, 4) is 5.75 Å². The maximum absolute atomic E-state index is 13.1. The van der Waals surface area contributed by atoms with E-state index in [2.05, 4.69) is 17.8 Å². The monoisotopic (exact) mass is 507 g/mol. The van der Waals surface area contributed by atoms with E-state index >= 15 is 0 Å². The van der Waals surface area contributed by atoms with E-state index in [4.69, 9.17) is 16.3 Å². The second kappa shape index (κ2) is 9.81. The maximum Gasteiger partial charge on any atom is 0.251 e. The topological polar surface area (TPSA) is 72.4 Å². The molecule has 2 aromatic carbocycles. The summed E-state index contributed by atoms with van der Waals surface area (Å²) in [6.45, 7) is 2.70. The molecule has 3 unspecified atom stereocenters. The Kier molecular flexibility index (Phi) is 6.73. The highest BCUT2D eigenvalue weighted by Crippen LogP contribution is 2.57.